The minimum absolute atomic E-state index is 0.0734. The topological polar surface area (TPSA) is 129 Å². The number of aromatic nitrogens is 3. The summed E-state index contributed by atoms with van der Waals surface area (Å²) in [6, 6.07) is 1.88. The summed E-state index contributed by atoms with van der Waals surface area (Å²) < 4.78 is 5.94. The van der Waals surface area contributed by atoms with Crippen LogP contribution in [-0.2, 0) is 4.74 Å². The number of hydrogen-bond donors (Lipinski definition) is 3. The van der Waals surface area contributed by atoms with Crippen molar-refractivity contribution < 1.29 is 4.74 Å². The summed E-state index contributed by atoms with van der Waals surface area (Å²) in [5.41, 5.74) is 18.5. The molecule has 2 aromatic rings. The van der Waals surface area contributed by atoms with Crippen LogP contribution in [0.15, 0.2) is 28.4 Å². The Morgan fingerprint density at radius 3 is 2.69 bits per heavy atom. The first kappa shape index (κ1) is 20.5. The van der Waals surface area contributed by atoms with Gasteiger partial charge in [-0.3, -0.25) is 0 Å². The molecule has 0 radical (unpaired) electrons. The third-order valence-electron chi connectivity index (χ3n) is 6.02. The standard InChI is InChI=1S/C19H26ClN7OS/c1-2-11-15(21)19(10-28-11)4-7-27(8-5-19)13-9-25-18(17(23)26-13)29-12-3-6-24-16(22)14(12)20/h3,6,9,11,15H,2,4-5,7-8,10,21H2,1H3,(H2,22,24)(H2,23,26)/t11-,15+/m0/s1. The summed E-state index contributed by atoms with van der Waals surface area (Å²) in [5, 5.41) is 0.983. The number of ether oxygens (including phenoxy) is 1. The maximum absolute atomic E-state index is 6.51. The lowest BCUT2D eigenvalue weighted by Gasteiger charge is -2.41. The molecule has 1 spiro atoms. The first-order valence-corrected chi connectivity index (χ1v) is 11.0. The van der Waals surface area contributed by atoms with Crippen LogP contribution >= 0.6 is 23.4 Å². The lowest BCUT2D eigenvalue weighted by Crippen LogP contribution is -2.51. The quantitative estimate of drug-likeness (QED) is 0.663. The van der Waals surface area contributed by atoms with E-state index in [2.05, 4.69) is 26.8 Å². The fourth-order valence-electron chi connectivity index (χ4n) is 4.14. The lowest BCUT2D eigenvalue weighted by atomic mass is 9.73. The number of halogens is 1. The third kappa shape index (κ3) is 3.84. The van der Waals surface area contributed by atoms with Gasteiger partial charge in [0.1, 0.15) is 16.7 Å². The SMILES string of the molecule is CC[C@@H]1OCC2(CCN(c3cnc(Sc4ccnc(N)c4Cl)c(N)n3)CC2)[C@@H]1N. The van der Waals surface area contributed by atoms with Gasteiger partial charge in [-0.05, 0) is 25.3 Å². The molecule has 8 nitrogen and oxygen atoms in total. The maximum atomic E-state index is 6.51. The first-order chi connectivity index (χ1) is 13.9. The van der Waals surface area contributed by atoms with Gasteiger partial charge in [-0.2, -0.15) is 0 Å². The average Bonchev–Trinajstić information content (AvgIpc) is 3.03. The van der Waals surface area contributed by atoms with Crippen molar-refractivity contribution >= 4 is 40.8 Å². The van der Waals surface area contributed by atoms with Gasteiger partial charge < -0.3 is 26.8 Å². The fraction of sp³-hybridized carbons (Fsp3) is 0.526. The van der Waals surface area contributed by atoms with Crippen molar-refractivity contribution in [1.29, 1.82) is 0 Å². The van der Waals surface area contributed by atoms with Crippen molar-refractivity contribution in [2.75, 3.05) is 36.1 Å². The lowest BCUT2D eigenvalue weighted by molar-refractivity contribution is 0.0858. The molecule has 2 saturated heterocycles. The molecular weight excluding hydrogens is 410 g/mol. The summed E-state index contributed by atoms with van der Waals surface area (Å²) >= 11 is 7.54. The van der Waals surface area contributed by atoms with E-state index in [4.69, 9.17) is 33.5 Å². The molecule has 0 aliphatic carbocycles. The van der Waals surface area contributed by atoms with E-state index in [1.54, 1.807) is 18.5 Å². The highest BCUT2D eigenvalue weighted by molar-refractivity contribution is 7.99. The van der Waals surface area contributed by atoms with Gasteiger partial charge >= 0.3 is 0 Å². The van der Waals surface area contributed by atoms with Crippen LogP contribution in [0.5, 0.6) is 0 Å². The Morgan fingerprint density at radius 2 is 2.03 bits per heavy atom. The number of pyridine rings is 1. The van der Waals surface area contributed by atoms with Crippen LogP contribution in [0.3, 0.4) is 0 Å². The highest BCUT2D eigenvalue weighted by atomic mass is 35.5. The minimum Gasteiger partial charge on any atom is -0.382 e. The van der Waals surface area contributed by atoms with Gasteiger partial charge in [-0.25, -0.2) is 15.0 Å². The molecule has 0 aromatic carbocycles. The van der Waals surface area contributed by atoms with Crippen molar-refractivity contribution in [2.45, 2.75) is 48.3 Å². The Morgan fingerprint density at radius 1 is 1.28 bits per heavy atom. The first-order valence-electron chi connectivity index (χ1n) is 9.76. The molecule has 4 rings (SSSR count). The Labute approximate surface area is 179 Å². The van der Waals surface area contributed by atoms with Crippen LogP contribution in [0.2, 0.25) is 5.02 Å². The van der Waals surface area contributed by atoms with Crippen LogP contribution < -0.4 is 22.1 Å². The van der Waals surface area contributed by atoms with Gasteiger partial charge in [0, 0.05) is 35.6 Å². The zero-order valence-corrected chi connectivity index (χ0v) is 17.9. The molecule has 0 bridgehead atoms. The normalized spacial score (nSPS) is 23.6. The van der Waals surface area contributed by atoms with Gasteiger partial charge in [0.05, 0.1) is 23.9 Å². The van der Waals surface area contributed by atoms with E-state index < -0.39 is 0 Å². The number of piperidine rings is 1. The molecule has 29 heavy (non-hydrogen) atoms. The van der Waals surface area contributed by atoms with Crippen molar-refractivity contribution in [2.24, 2.45) is 11.1 Å². The fourth-order valence-corrected chi connectivity index (χ4v) is 5.15. The number of rotatable bonds is 4. The molecular formula is C19H26ClN7OS. The predicted molar refractivity (Wildman–Crippen MR) is 116 cm³/mol. The van der Waals surface area contributed by atoms with Crippen LogP contribution in [0.25, 0.3) is 0 Å². The second-order valence-electron chi connectivity index (χ2n) is 7.66. The largest absolute Gasteiger partial charge is 0.382 e. The highest BCUT2D eigenvalue weighted by Gasteiger charge is 2.48. The van der Waals surface area contributed by atoms with Crippen LogP contribution in [0, 0.1) is 5.41 Å². The molecule has 2 fully saturated rings. The van der Waals surface area contributed by atoms with Crippen molar-refractivity contribution in [3.63, 3.8) is 0 Å². The number of nitrogens with zero attached hydrogens (tertiary/aromatic N) is 4. The highest BCUT2D eigenvalue weighted by Crippen LogP contribution is 2.43. The molecule has 2 aliphatic rings. The van der Waals surface area contributed by atoms with E-state index in [1.807, 2.05) is 0 Å². The summed E-state index contributed by atoms with van der Waals surface area (Å²) in [7, 11) is 0. The summed E-state index contributed by atoms with van der Waals surface area (Å²) in [5.74, 6) is 1.43. The Balaban J connectivity index is 1.45. The van der Waals surface area contributed by atoms with E-state index in [0.717, 1.165) is 49.7 Å². The van der Waals surface area contributed by atoms with E-state index in [1.165, 1.54) is 11.8 Å². The molecule has 156 valence electrons. The van der Waals surface area contributed by atoms with E-state index >= 15 is 0 Å². The molecule has 10 heteroatoms. The molecule has 0 amide bonds. The second kappa shape index (κ2) is 8.14. The Hall–Kier alpha value is -1.81. The van der Waals surface area contributed by atoms with Gasteiger partial charge in [0.15, 0.2) is 5.82 Å². The van der Waals surface area contributed by atoms with Gasteiger partial charge in [-0.1, -0.05) is 30.3 Å². The van der Waals surface area contributed by atoms with Gasteiger partial charge in [0.25, 0.3) is 0 Å². The molecule has 2 atom stereocenters. The average molecular weight is 436 g/mol. The Bertz CT molecular complexity index is 891. The number of anilines is 3. The molecule has 2 aliphatic heterocycles. The summed E-state index contributed by atoms with van der Waals surface area (Å²) in [4.78, 5) is 16.0. The van der Waals surface area contributed by atoms with Crippen LogP contribution in [0.4, 0.5) is 17.5 Å². The zero-order valence-electron chi connectivity index (χ0n) is 16.3. The van der Waals surface area contributed by atoms with E-state index in [9.17, 15) is 0 Å². The van der Waals surface area contributed by atoms with E-state index in [-0.39, 0.29) is 23.4 Å². The summed E-state index contributed by atoms with van der Waals surface area (Å²) in [6.07, 6.45) is 6.45. The van der Waals surface area contributed by atoms with Crippen molar-refractivity contribution in [1.82, 2.24) is 15.0 Å². The smallest absolute Gasteiger partial charge is 0.158 e. The third-order valence-corrected chi connectivity index (χ3v) is 7.59. The van der Waals surface area contributed by atoms with Crippen molar-refractivity contribution in [3.8, 4) is 0 Å². The molecule has 0 unspecified atom stereocenters. The minimum atomic E-state index is 0.0734. The predicted octanol–water partition coefficient (Wildman–Crippen LogP) is 2.56. The van der Waals surface area contributed by atoms with Crippen LogP contribution in [0.1, 0.15) is 26.2 Å². The molecule has 0 saturated carbocycles. The summed E-state index contributed by atoms with van der Waals surface area (Å²) in [6.45, 7) is 4.60. The Kier molecular flexibility index (Phi) is 5.74. The molecule has 2 aromatic heterocycles. The second-order valence-corrected chi connectivity index (χ2v) is 9.07. The van der Waals surface area contributed by atoms with Crippen LogP contribution in [-0.4, -0.2) is 46.8 Å². The maximum Gasteiger partial charge on any atom is 0.158 e. The van der Waals surface area contributed by atoms with Gasteiger partial charge in [-0.15, -0.1) is 0 Å². The van der Waals surface area contributed by atoms with Crippen molar-refractivity contribution in [3.05, 3.63) is 23.5 Å². The van der Waals surface area contributed by atoms with Gasteiger partial charge in [0.2, 0.25) is 0 Å². The monoisotopic (exact) mass is 435 g/mol. The number of nitrogens with two attached hydrogens (primary N) is 3. The van der Waals surface area contributed by atoms with E-state index in [0.29, 0.717) is 15.9 Å². The number of nitrogen functional groups attached to an aromatic ring is 2. The number of hydrogen-bond acceptors (Lipinski definition) is 9. The zero-order chi connectivity index (χ0) is 20.6. The molecule has 4 heterocycles. The molecule has 6 N–H and O–H groups in total.